The van der Waals surface area contributed by atoms with Gasteiger partial charge in [0, 0.05) is 7.05 Å². The SMILES string of the molecule is CNCCCS(=O)(=O)N(C)Cc1ccc(C)o1. The van der Waals surface area contributed by atoms with Crippen LogP contribution in [0.4, 0.5) is 0 Å². The summed E-state index contributed by atoms with van der Waals surface area (Å²) in [6, 6.07) is 3.63. The monoisotopic (exact) mass is 260 g/mol. The van der Waals surface area contributed by atoms with E-state index in [9.17, 15) is 8.42 Å². The lowest BCUT2D eigenvalue weighted by molar-refractivity contribution is 0.397. The van der Waals surface area contributed by atoms with Gasteiger partial charge in [0.15, 0.2) is 0 Å². The van der Waals surface area contributed by atoms with E-state index in [-0.39, 0.29) is 12.3 Å². The standard InChI is InChI=1S/C11H20N2O3S/c1-10-5-6-11(16-10)9-13(3)17(14,15)8-4-7-12-2/h5-6,12H,4,7-9H2,1-3H3. The molecule has 0 amide bonds. The van der Waals surface area contributed by atoms with Crippen LogP contribution in [-0.2, 0) is 16.6 Å². The van der Waals surface area contributed by atoms with E-state index in [1.165, 1.54) is 4.31 Å². The van der Waals surface area contributed by atoms with Crippen molar-refractivity contribution in [2.24, 2.45) is 0 Å². The minimum absolute atomic E-state index is 0.157. The van der Waals surface area contributed by atoms with Crippen LogP contribution in [0.25, 0.3) is 0 Å². The molecule has 0 bridgehead atoms. The second kappa shape index (κ2) is 6.18. The van der Waals surface area contributed by atoms with Gasteiger partial charge >= 0.3 is 0 Å². The molecule has 0 radical (unpaired) electrons. The van der Waals surface area contributed by atoms with Crippen LogP contribution >= 0.6 is 0 Å². The summed E-state index contributed by atoms with van der Waals surface area (Å²) in [5.41, 5.74) is 0. The first-order valence-corrected chi connectivity index (χ1v) is 7.20. The molecule has 17 heavy (non-hydrogen) atoms. The highest BCUT2D eigenvalue weighted by Gasteiger charge is 2.18. The second-order valence-corrected chi connectivity index (χ2v) is 6.24. The van der Waals surface area contributed by atoms with Gasteiger partial charge < -0.3 is 9.73 Å². The predicted molar refractivity (Wildman–Crippen MR) is 67.2 cm³/mol. The quantitative estimate of drug-likeness (QED) is 0.742. The molecule has 1 N–H and O–H groups in total. The Morgan fingerprint density at radius 1 is 1.41 bits per heavy atom. The van der Waals surface area contributed by atoms with Crippen LogP contribution in [0.1, 0.15) is 17.9 Å². The van der Waals surface area contributed by atoms with Gasteiger partial charge in [0.1, 0.15) is 11.5 Å². The highest BCUT2D eigenvalue weighted by atomic mass is 32.2. The molecule has 0 spiro atoms. The number of aryl methyl sites for hydroxylation is 1. The fourth-order valence-electron chi connectivity index (χ4n) is 1.48. The van der Waals surface area contributed by atoms with E-state index >= 15 is 0 Å². The number of hydrogen-bond donors (Lipinski definition) is 1. The number of sulfonamides is 1. The van der Waals surface area contributed by atoms with Crippen molar-refractivity contribution in [2.75, 3.05) is 26.4 Å². The zero-order valence-corrected chi connectivity index (χ0v) is 11.4. The Balaban J connectivity index is 2.53. The summed E-state index contributed by atoms with van der Waals surface area (Å²) >= 11 is 0. The van der Waals surface area contributed by atoms with Gasteiger partial charge in [0.25, 0.3) is 0 Å². The van der Waals surface area contributed by atoms with Crippen molar-refractivity contribution >= 4 is 10.0 Å². The lowest BCUT2D eigenvalue weighted by Crippen LogP contribution is -2.29. The van der Waals surface area contributed by atoms with Crippen molar-refractivity contribution in [3.05, 3.63) is 23.7 Å². The van der Waals surface area contributed by atoms with E-state index < -0.39 is 10.0 Å². The minimum atomic E-state index is -3.19. The van der Waals surface area contributed by atoms with Gasteiger partial charge in [-0.15, -0.1) is 0 Å². The molecular formula is C11H20N2O3S. The summed E-state index contributed by atoms with van der Waals surface area (Å²) in [6.45, 7) is 2.83. The maximum absolute atomic E-state index is 11.9. The van der Waals surface area contributed by atoms with Crippen molar-refractivity contribution in [1.82, 2.24) is 9.62 Å². The third-order valence-corrected chi connectivity index (χ3v) is 4.36. The Morgan fingerprint density at radius 3 is 2.65 bits per heavy atom. The molecule has 0 aromatic carbocycles. The molecule has 0 aliphatic heterocycles. The summed E-state index contributed by atoms with van der Waals surface area (Å²) in [6.07, 6.45) is 0.611. The van der Waals surface area contributed by atoms with Gasteiger partial charge in [-0.3, -0.25) is 0 Å². The fraction of sp³-hybridized carbons (Fsp3) is 0.636. The second-order valence-electron chi connectivity index (χ2n) is 4.04. The highest BCUT2D eigenvalue weighted by molar-refractivity contribution is 7.89. The maximum atomic E-state index is 11.9. The Hall–Kier alpha value is -0.850. The molecule has 0 unspecified atom stereocenters. The number of nitrogens with one attached hydrogen (secondary N) is 1. The van der Waals surface area contributed by atoms with E-state index in [0.717, 1.165) is 5.76 Å². The summed E-state index contributed by atoms with van der Waals surface area (Å²) < 4.78 is 30.4. The Labute approximate surface area is 103 Å². The van der Waals surface area contributed by atoms with Crippen LogP contribution in [0.2, 0.25) is 0 Å². The molecule has 1 aromatic heterocycles. The van der Waals surface area contributed by atoms with E-state index in [1.54, 1.807) is 13.1 Å². The summed E-state index contributed by atoms with van der Waals surface area (Å²) in [4.78, 5) is 0. The molecular weight excluding hydrogens is 240 g/mol. The van der Waals surface area contributed by atoms with Crippen LogP contribution in [0, 0.1) is 6.92 Å². The van der Waals surface area contributed by atoms with Crippen molar-refractivity contribution in [3.8, 4) is 0 Å². The molecule has 5 nitrogen and oxygen atoms in total. The van der Waals surface area contributed by atoms with Gasteiger partial charge in [0.05, 0.1) is 12.3 Å². The van der Waals surface area contributed by atoms with E-state index in [2.05, 4.69) is 5.32 Å². The Kier molecular flexibility index (Phi) is 5.17. The normalized spacial score (nSPS) is 12.2. The molecule has 98 valence electrons. The topological polar surface area (TPSA) is 62.6 Å². The average Bonchev–Trinajstić information content (AvgIpc) is 2.64. The van der Waals surface area contributed by atoms with Crippen molar-refractivity contribution in [2.45, 2.75) is 19.9 Å². The molecule has 1 heterocycles. The first kappa shape index (κ1) is 14.2. The first-order chi connectivity index (χ1) is 7.95. The predicted octanol–water partition coefficient (Wildman–Crippen LogP) is 0.959. The number of rotatable bonds is 7. The minimum Gasteiger partial charge on any atom is -0.465 e. The smallest absolute Gasteiger partial charge is 0.214 e. The fourth-order valence-corrected chi connectivity index (χ4v) is 2.62. The third-order valence-electron chi connectivity index (χ3n) is 2.48. The van der Waals surface area contributed by atoms with E-state index in [0.29, 0.717) is 18.7 Å². The molecule has 1 aromatic rings. The van der Waals surface area contributed by atoms with Gasteiger partial charge in [-0.25, -0.2) is 8.42 Å². The third kappa shape index (κ3) is 4.49. The van der Waals surface area contributed by atoms with Gasteiger partial charge in [-0.05, 0) is 39.1 Å². The Bertz CT molecular complexity index is 439. The summed E-state index contributed by atoms with van der Waals surface area (Å²) in [5.74, 6) is 1.62. The van der Waals surface area contributed by atoms with E-state index in [1.807, 2.05) is 20.0 Å². The van der Waals surface area contributed by atoms with Crippen molar-refractivity contribution in [3.63, 3.8) is 0 Å². The first-order valence-electron chi connectivity index (χ1n) is 5.59. The summed E-state index contributed by atoms with van der Waals surface area (Å²) in [7, 11) is 0.195. The lowest BCUT2D eigenvalue weighted by Gasteiger charge is -2.15. The largest absolute Gasteiger partial charge is 0.465 e. The zero-order valence-electron chi connectivity index (χ0n) is 10.6. The number of furan rings is 1. The molecule has 0 atom stereocenters. The van der Waals surface area contributed by atoms with Crippen LogP contribution in [-0.4, -0.2) is 39.1 Å². The van der Waals surface area contributed by atoms with Crippen LogP contribution in [0.5, 0.6) is 0 Å². The molecule has 1 rings (SSSR count). The molecule has 0 saturated heterocycles. The van der Waals surface area contributed by atoms with Crippen molar-refractivity contribution in [1.29, 1.82) is 0 Å². The average molecular weight is 260 g/mol. The van der Waals surface area contributed by atoms with Gasteiger partial charge in [-0.2, -0.15) is 4.31 Å². The van der Waals surface area contributed by atoms with Crippen molar-refractivity contribution < 1.29 is 12.8 Å². The number of hydrogen-bond acceptors (Lipinski definition) is 4. The zero-order chi connectivity index (χ0) is 12.9. The summed E-state index contributed by atoms with van der Waals surface area (Å²) in [5, 5.41) is 2.93. The molecule has 0 aliphatic carbocycles. The van der Waals surface area contributed by atoms with Gasteiger partial charge in [0.2, 0.25) is 10.0 Å². The van der Waals surface area contributed by atoms with Gasteiger partial charge in [-0.1, -0.05) is 0 Å². The molecule has 0 fully saturated rings. The Morgan fingerprint density at radius 2 is 2.12 bits per heavy atom. The maximum Gasteiger partial charge on any atom is 0.214 e. The van der Waals surface area contributed by atoms with Crippen LogP contribution in [0.15, 0.2) is 16.5 Å². The number of nitrogens with zero attached hydrogens (tertiary/aromatic N) is 1. The molecule has 6 heteroatoms. The van der Waals surface area contributed by atoms with Crippen LogP contribution in [0.3, 0.4) is 0 Å². The highest BCUT2D eigenvalue weighted by Crippen LogP contribution is 2.11. The lowest BCUT2D eigenvalue weighted by atomic mass is 10.4. The molecule has 0 aliphatic rings. The van der Waals surface area contributed by atoms with Crippen LogP contribution < -0.4 is 5.32 Å². The molecule has 0 saturated carbocycles. The van der Waals surface area contributed by atoms with E-state index in [4.69, 9.17) is 4.42 Å².